The minimum atomic E-state index is -0.0492. The molecule has 168 valence electrons. The van der Waals surface area contributed by atoms with Crippen molar-refractivity contribution < 1.29 is 19.0 Å². The first kappa shape index (κ1) is 24.5. The Balaban J connectivity index is 2.26. The first-order chi connectivity index (χ1) is 15.1. The quantitative estimate of drug-likeness (QED) is 0.244. The lowest BCUT2D eigenvalue weighted by molar-refractivity contribution is 0.104. The summed E-state index contributed by atoms with van der Waals surface area (Å²) in [5, 5.41) is 0. The fourth-order valence-corrected chi connectivity index (χ4v) is 3.10. The molecule has 0 bridgehead atoms. The molecule has 0 aliphatic carbocycles. The van der Waals surface area contributed by atoms with Crippen LogP contribution in [0.3, 0.4) is 0 Å². The summed E-state index contributed by atoms with van der Waals surface area (Å²) >= 11 is 0. The summed E-state index contributed by atoms with van der Waals surface area (Å²) < 4.78 is 17.5. The Bertz CT molecular complexity index is 837. The molecule has 2 aromatic rings. The summed E-state index contributed by atoms with van der Waals surface area (Å²) in [7, 11) is 0. The van der Waals surface area contributed by atoms with E-state index in [2.05, 4.69) is 33.8 Å². The average Bonchev–Trinajstić information content (AvgIpc) is 2.80. The minimum Gasteiger partial charge on any atom is -0.494 e. The molecule has 0 atom stereocenters. The summed E-state index contributed by atoms with van der Waals surface area (Å²) in [6, 6.07) is 11.3. The van der Waals surface area contributed by atoms with Crippen LogP contribution in [0.15, 0.2) is 42.5 Å². The van der Waals surface area contributed by atoms with Gasteiger partial charge in [0, 0.05) is 17.2 Å². The third-order valence-corrected chi connectivity index (χ3v) is 4.66. The van der Waals surface area contributed by atoms with Crippen molar-refractivity contribution in [2.24, 2.45) is 0 Å². The highest BCUT2D eigenvalue weighted by molar-refractivity contribution is 6.07. The maximum Gasteiger partial charge on any atom is 0.185 e. The monoisotopic (exact) mass is 424 g/mol. The van der Waals surface area contributed by atoms with Crippen molar-refractivity contribution in [3.63, 3.8) is 0 Å². The number of hydrogen-bond donors (Lipinski definition) is 0. The molecule has 0 aliphatic heterocycles. The second kappa shape index (κ2) is 13.5. The van der Waals surface area contributed by atoms with Gasteiger partial charge in [0.15, 0.2) is 5.78 Å². The Morgan fingerprint density at radius 1 is 0.774 bits per heavy atom. The molecule has 0 saturated heterocycles. The van der Waals surface area contributed by atoms with Crippen LogP contribution in [-0.2, 0) is 6.42 Å². The van der Waals surface area contributed by atoms with Crippen molar-refractivity contribution >= 4 is 11.9 Å². The van der Waals surface area contributed by atoms with Gasteiger partial charge in [-0.1, -0.05) is 34.1 Å². The van der Waals surface area contributed by atoms with Gasteiger partial charge < -0.3 is 14.2 Å². The zero-order chi connectivity index (χ0) is 22.5. The molecular weight excluding hydrogens is 388 g/mol. The predicted molar refractivity (Wildman–Crippen MR) is 128 cm³/mol. The van der Waals surface area contributed by atoms with Crippen LogP contribution in [0.1, 0.15) is 74.9 Å². The Hall–Kier alpha value is -2.75. The molecule has 31 heavy (non-hydrogen) atoms. The van der Waals surface area contributed by atoms with E-state index in [-0.39, 0.29) is 5.78 Å². The number of rotatable bonds is 14. The van der Waals surface area contributed by atoms with Crippen molar-refractivity contribution in [3.8, 4) is 17.2 Å². The van der Waals surface area contributed by atoms with E-state index in [1.165, 1.54) is 0 Å². The summed E-state index contributed by atoms with van der Waals surface area (Å²) in [5.41, 5.74) is 2.68. The molecule has 0 aromatic heterocycles. The zero-order valence-electron chi connectivity index (χ0n) is 19.4. The van der Waals surface area contributed by atoms with E-state index in [1.54, 1.807) is 18.2 Å². The SMILES string of the molecule is CCCOc1ccc(C(=O)/C=C/c2cc(CCC)c(OCCC)cc2OCCC)cc1. The fourth-order valence-electron chi connectivity index (χ4n) is 3.10. The molecule has 4 nitrogen and oxygen atoms in total. The smallest absolute Gasteiger partial charge is 0.185 e. The van der Waals surface area contributed by atoms with Gasteiger partial charge in [-0.15, -0.1) is 0 Å². The van der Waals surface area contributed by atoms with Crippen molar-refractivity contribution in [2.45, 2.75) is 59.8 Å². The molecule has 0 amide bonds. The van der Waals surface area contributed by atoms with E-state index in [4.69, 9.17) is 14.2 Å². The van der Waals surface area contributed by atoms with Gasteiger partial charge in [0.1, 0.15) is 17.2 Å². The van der Waals surface area contributed by atoms with Gasteiger partial charge in [-0.25, -0.2) is 0 Å². The molecule has 2 rings (SSSR count). The summed E-state index contributed by atoms with van der Waals surface area (Å²) in [6.07, 6.45) is 8.21. The van der Waals surface area contributed by atoms with E-state index in [0.29, 0.717) is 25.4 Å². The Labute approximate surface area is 187 Å². The van der Waals surface area contributed by atoms with Gasteiger partial charge in [-0.3, -0.25) is 4.79 Å². The highest BCUT2D eigenvalue weighted by Crippen LogP contribution is 2.32. The average molecular weight is 425 g/mol. The minimum absolute atomic E-state index is 0.0492. The van der Waals surface area contributed by atoms with Gasteiger partial charge in [-0.2, -0.15) is 0 Å². The summed E-state index contributed by atoms with van der Waals surface area (Å²) in [4.78, 5) is 12.7. The van der Waals surface area contributed by atoms with Crippen molar-refractivity contribution in [3.05, 3.63) is 59.2 Å². The summed E-state index contributed by atoms with van der Waals surface area (Å²) in [6.45, 7) is 10.4. The van der Waals surface area contributed by atoms with Crippen molar-refractivity contribution in [2.75, 3.05) is 19.8 Å². The molecule has 0 spiro atoms. The highest BCUT2D eigenvalue weighted by Gasteiger charge is 2.11. The number of carbonyl (C=O) groups is 1. The fraction of sp³-hybridized carbons (Fsp3) is 0.444. The maximum absolute atomic E-state index is 12.7. The number of aryl methyl sites for hydroxylation is 1. The molecule has 4 heteroatoms. The van der Waals surface area contributed by atoms with Gasteiger partial charge in [-0.05, 0) is 73.7 Å². The summed E-state index contributed by atoms with van der Waals surface area (Å²) in [5.74, 6) is 2.36. The molecule has 2 aromatic carbocycles. The van der Waals surface area contributed by atoms with Gasteiger partial charge in [0.2, 0.25) is 0 Å². The molecule has 0 N–H and O–H groups in total. The second-order valence-corrected chi connectivity index (χ2v) is 7.52. The van der Waals surface area contributed by atoms with E-state index in [0.717, 1.165) is 60.5 Å². The third kappa shape index (κ3) is 7.78. The van der Waals surface area contributed by atoms with Crippen LogP contribution in [0.5, 0.6) is 17.2 Å². The Kier molecular flexibility index (Phi) is 10.7. The van der Waals surface area contributed by atoms with E-state index >= 15 is 0 Å². The molecule has 0 aliphatic rings. The number of benzene rings is 2. The normalized spacial score (nSPS) is 11.0. The van der Waals surface area contributed by atoms with Gasteiger partial charge in [0.05, 0.1) is 19.8 Å². The van der Waals surface area contributed by atoms with Crippen LogP contribution in [0, 0.1) is 0 Å². The number of hydrogen-bond acceptors (Lipinski definition) is 4. The first-order valence-electron chi connectivity index (χ1n) is 11.5. The lowest BCUT2D eigenvalue weighted by Gasteiger charge is -2.16. The standard InChI is InChI=1S/C27H36O4/c1-5-9-22-19-23(27(31-18-8-4)20-26(22)30-17-7-3)12-15-25(28)21-10-13-24(14-11-21)29-16-6-2/h10-15,19-20H,5-9,16-18H2,1-4H3/b15-12+. The number of carbonyl (C=O) groups excluding carboxylic acids is 1. The molecule has 0 radical (unpaired) electrons. The largest absolute Gasteiger partial charge is 0.494 e. The van der Waals surface area contributed by atoms with Crippen LogP contribution in [0.2, 0.25) is 0 Å². The lowest BCUT2D eigenvalue weighted by Crippen LogP contribution is -2.03. The van der Waals surface area contributed by atoms with Crippen LogP contribution in [0.25, 0.3) is 6.08 Å². The van der Waals surface area contributed by atoms with Crippen molar-refractivity contribution in [1.82, 2.24) is 0 Å². The predicted octanol–water partition coefficient (Wildman–Crippen LogP) is 6.90. The van der Waals surface area contributed by atoms with E-state index in [1.807, 2.05) is 24.3 Å². The van der Waals surface area contributed by atoms with Crippen LogP contribution in [-0.4, -0.2) is 25.6 Å². The highest BCUT2D eigenvalue weighted by atomic mass is 16.5. The Morgan fingerprint density at radius 2 is 1.39 bits per heavy atom. The number of ketones is 1. The van der Waals surface area contributed by atoms with Crippen LogP contribution in [0.4, 0.5) is 0 Å². The second-order valence-electron chi connectivity index (χ2n) is 7.52. The molecule has 0 heterocycles. The number of allylic oxidation sites excluding steroid dienone is 1. The molecule has 0 unspecified atom stereocenters. The topological polar surface area (TPSA) is 44.8 Å². The number of ether oxygens (including phenoxy) is 3. The van der Waals surface area contributed by atoms with Crippen molar-refractivity contribution in [1.29, 1.82) is 0 Å². The van der Waals surface area contributed by atoms with Gasteiger partial charge in [0.25, 0.3) is 0 Å². The van der Waals surface area contributed by atoms with Gasteiger partial charge >= 0.3 is 0 Å². The zero-order valence-corrected chi connectivity index (χ0v) is 19.4. The molecule has 0 fully saturated rings. The van der Waals surface area contributed by atoms with E-state index in [9.17, 15) is 4.79 Å². The molecule has 0 saturated carbocycles. The lowest BCUT2D eigenvalue weighted by atomic mass is 10.0. The van der Waals surface area contributed by atoms with E-state index < -0.39 is 0 Å². The third-order valence-electron chi connectivity index (χ3n) is 4.66. The first-order valence-corrected chi connectivity index (χ1v) is 11.5. The molecular formula is C27H36O4. The Morgan fingerprint density at radius 3 is 2.00 bits per heavy atom. The van der Waals surface area contributed by atoms with Crippen LogP contribution < -0.4 is 14.2 Å². The maximum atomic E-state index is 12.7. The van der Waals surface area contributed by atoms with Crippen LogP contribution >= 0.6 is 0 Å².